The summed E-state index contributed by atoms with van der Waals surface area (Å²) in [5.41, 5.74) is 8.34. The first-order valence-corrected chi connectivity index (χ1v) is 8.33. The molecule has 0 aliphatic carbocycles. The van der Waals surface area contributed by atoms with Gasteiger partial charge in [-0.2, -0.15) is 4.37 Å². The van der Waals surface area contributed by atoms with Crippen molar-refractivity contribution >= 4 is 27.4 Å². The molecule has 2 heterocycles. The number of H-pyrrole nitrogens is 1. The molecule has 2 aromatic carbocycles. The van der Waals surface area contributed by atoms with Gasteiger partial charge in [0, 0.05) is 17.3 Å². The van der Waals surface area contributed by atoms with Crippen molar-refractivity contribution in [1.29, 1.82) is 0 Å². The number of nitrogens with one attached hydrogen (secondary N) is 1. The first kappa shape index (κ1) is 15.3. The minimum Gasteiger partial charge on any atom is -0.496 e. The van der Waals surface area contributed by atoms with E-state index < -0.39 is 0 Å². The van der Waals surface area contributed by atoms with E-state index in [2.05, 4.69) is 14.3 Å². The Hall–Kier alpha value is -3.19. The van der Waals surface area contributed by atoms with Crippen LogP contribution in [-0.2, 0) is 0 Å². The number of fused-ring (bicyclic) bond motifs is 1. The van der Waals surface area contributed by atoms with Gasteiger partial charge in [0.15, 0.2) is 4.83 Å². The van der Waals surface area contributed by atoms with Crippen LogP contribution in [0, 0.1) is 0 Å². The summed E-state index contributed by atoms with van der Waals surface area (Å²) in [5, 5.41) is 0.495. The molecule has 0 bridgehead atoms. The number of anilines is 1. The van der Waals surface area contributed by atoms with Crippen molar-refractivity contribution in [3.63, 3.8) is 0 Å². The van der Waals surface area contributed by atoms with Crippen LogP contribution in [-0.4, -0.2) is 21.5 Å². The average molecular weight is 350 g/mol. The van der Waals surface area contributed by atoms with Gasteiger partial charge in [-0.1, -0.05) is 30.3 Å². The Morgan fingerprint density at radius 1 is 1.16 bits per heavy atom. The molecule has 6 nitrogen and oxygen atoms in total. The molecule has 124 valence electrons. The second-order valence-corrected chi connectivity index (χ2v) is 6.20. The summed E-state index contributed by atoms with van der Waals surface area (Å²) >= 11 is 1.20. The Morgan fingerprint density at radius 2 is 1.96 bits per heavy atom. The molecule has 0 aliphatic rings. The fourth-order valence-corrected chi connectivity index (χ4v) is 3.47. The van der Waals surface area contributed by atoms with Gasteiger partial charge >= 0.3 is 0 Å². The molecule has 0 atom stereocenters. The smallest absolute Gasteiger partial charge is 0.262 e. The number of aromatic nitrogens is 3. The summed E-state index contributed by atoms with van der Waals surface area (Å²) in [6.45, 7) is 0. The maximum absolute atomic E-state index is 12.7. The second-order valence-electron chi connectivity index (χ2n) is 5.45. The number of nitrogens with two attached hydrogens (primary N) is 1. The number of hydrogen-bond acceptors (Lipinski definition) is 6. The maximum atomic E-state index is 12.7. The lowest BCUT2D eigenvalue weighted by molar-refractivity contribution is 0.416. The van der Waals surface area contributed by atoms with Gasteiger partial charge in [-0.15, -0.1) is 0 Å². The molecule has 7 heteroatoms. The molecule has 0 aliphatic heterocycles. The summed E-state index contributed by atoms with van der Waals surface area (Å²) in [6, 6.07) is 14.8. The molecular formula is C18H14N4O2S. The minimum atomic E-state index is -0.230. The minimum absolute atomic E-state index is 0.230. The van der Waals surface area contributed by atoms with Gasteiger partial charge in [0.05, 0.1) is 18.4 Å². The Bertz CT molecular complexity index is 1120. The number of aromatic amines is 1. The molecule has 2 aromatic heterocycles. The molecule has 0 saturated carbocycles. The fourth-order valence-electron chi connectivity index (χ4n) is 2.69. The monoisotopic (exact) mass is 350 g/mol. The van der Waals surface area contributed by atoms with Crippen LogP contribution >= 0.6 is 11.5 Å². The summed E-state index contributed by atoms with van der Waals surface area (Å²) in [5.74, 6) is 0.980. The predicted octanol–water partition coefficient (Wildman–Crippen LogP) is 3.30. The normalized spacial score (nSPS) is 10.9. The van der Waals surface area contributed by atoms with Crippen LogP contribution in [0.4, 0.5) is 5.69 Å². The van der Waals surface area contributed by atoms with E-state index in [1.807, 2.05) is 30.3 Å². The van der Waals surface area contributed by atoms with Crippen molar-refractivity contribution < 1.29 is 4.74 Å². The summed E-state index contributed by atoms with van der Waals surface area (Å²) < 4.78 is 9.78. The lowest BCUT2D eigenvalue weighted by Crippen LogP contribution is -2.09. The molecule has 0 fully saturated rings. The zero-order chi connectivity index (χ0) is 17.4. The largest absolute Gasteiger partial charge is 0.496 e. The van der Waals surface area contributed by atoms with Gasteiger partial charge in [-0.3, -0.25) is 4.79 Å². The number of hydrogen-bond donors (Lipinski definition) is 2. The Balaban J connectivity index is 1.92. The van der Waals surface area contributed by atoms with E-state index in [4.69, 9.17) is 10.5 Å². The third kappa shape index (κ3) is 2.64. The highest BCUT2D eigenvalue weighted by atomic mass is 32.1. The number of ether oxygens (including phenoxy) is 1. The number of rotatable bonds is 3. The highest BCUT2D eigenvalue weighted by Gasteiger charge is 2.17. The Labute approximate surface area is 147 Å². The van der Waals surface area contributed by atoms with Crippen LogP contribution in [0.25, 0.3) is 32.9 Å². The van der Waals surface area contributed by atoms with Gasteiger partial charge in [0.25, 0.3) is 5.56 Å². The van der Waals surface area contributed by atoms with E-state index in [0.29, 0.717) is 38.7 Å². The van der Waals surface area contributed by atoms with Crippen LogP contribution in [0.1, 0.15) is 0 Å². The number of nitrogens with zero attached hydrogens (tertiary/aromatic N) is 2. The molecule has 4 aromatic rings. The van der Waals surface area contributed by atoms with Crippen LogP contribution < -0.4 is 16.0 Å². The van der Waals surface area contributed by atoms with Crippen LogP contribution in [0.15, 0.2) is 53.3 Å². The predicted molar refractivity (Wildman–Crippen MR) is 99.9 cm³/mol. The zero-order valence-corrected chi connectivity index (χ0v) is 14.1. The molecule has 0 amide bonds. The highest BCUT2D eigenvalue weighted by molar-refractivity contribution is 7.13. The fraction of sp³-hybridized carbons (Fsp3) is 0.0556. The van der Waals surface area contributed by atoms with E-state index in [1.165, 1.54) is 11.5 Å². The number of methoxy groups -OCH3 is 1. The Morgan fingerprint density at radius 3 is 2.72 bits per heavy atom. The molecule has 0 saturated heterocycles. The van der Waals surface area contributed by atoms with Crippen molar-refractivity contribution in [2.45, 2.75) is 0 Å². The van der Waals surface area contributed by atoms with Crippen molar-refractivity contribution in [2.24, 2.45) is 0 Å². The molecular weight excluding hydrogens is 336 g/mol. The quantitative estimate of drug-likeness (QED) is 0.553. The van der Waals surface area contributed by atoms with Crippen molar-refractivity contribution in [2.75, 3.05) is 12.8 Å². The van der Waals surface area contributed by atoms with Gasteiger partial charge in [0.1, 0.15) is 17.0 Å². The van der Waals surface area contributed by atoms with Crippen molar-refractivity contribution in [1.82, 2.24) is 14.3 Å². The lowest BCUT2D eigenvalue weighted by Gasteiger charge is -2.08. The van der Waals surface area contributed by atoms with Gasteiger partial charge in [0.2, 0.25) is 0 Å². The third-order valence-corrected chi connectivity index (χ3v) is 4.62. The van der Waals surface area contributed by atoms with E-state index >= 15 is 0 Å². The van der Waals surface area contributed by atoms with Gasteiger partial charge in [-0.05, 0) is 23.7 Å². The van der Waals surface area contributed by atoms with Crippen LogP contribution in [0.3, 0.4) is 0 Å². The number of nitrogen functional groups attached to an aromatic ring is 1. The topological polar surface area (TPSA) is 93.9 Å². The third-order valence-electron chi connectivity index (χ3n) is 3.87. The van der Waals surface area contributed by atoms with Crippen molar-refractivity contribution in [3.8, 4) is 28.4 Å². The van der Waals surface area contributed by atoms with Crippen molar-refractivity contribution in [3.05, 3.63) is 58.9 Å². The van der Waals surface area contributed by atoms with Crippen LogP contribution in [0.5, 0.6) is 5.75 Å². The second kappa shape index (κ2) is 6.03. The highest BCUT2D eigenvalue weighted by Crippen LogP contribution is 2.32. The average Bonchev–Trinajstić information content (AvgIpc) is 3.07. The standard InChI is InChI=1S/C18H14N4O2S/c1-24-13-9-11(19)7-8-12(13)16-20-17(23)14-15(22-25-18(14)21-16)10-5-3-2-4-6-10/h2-9H,19H2,1H3,(H,20,21,23). The molecule has 3 N–H and O–H groups in total. The molecule has 4 rings (SSSR count). The van der Waals surface area contributed by atoms with E-state index in [1.54, 1.807) is 25.3 Å². The SMILES string of the molecule is COc1cc(N)ccc1-c1nc2snc(-c3ccccc3)c2c(=O)[nH]1. The van der Waals surface area contributed by atoms with E-state index in [0.717, 1.165) is 5.56 Å². The summed E-state index contributed by atoms with van der Waals surface area (Å²) in [6.07, 6.45) is 0. The molecule has 25 heavy (non-hydrogen) atoms. The Kier molecular flexibility index (Phi) is 3.70. The molecule has 0 spiro atoms. The first-order chi connectivity index (χ1) is 12.2. The van der Waals surface area contributed by atoms with Gasteiger partial charge in [-0.25, -0.2) is 4.98 Å². The van der Waals surface area contributed by atoms with E-state index in [9.17, 15) is 4.79 Å². The zero-order valence-electron chi connectivity index (χ0n) is 13.3. The maximum Gasteiger partial charge on any atom is 0.262 e. The summed E-state index contributed by atoms with van der Waals surface area (Å²) in [4.78, 5) is 20.7. The lowest BCUT2D eigenvalue weighted by atomic mass is 10.1. The first-order valence-electron chi connectivity index (χ1n) is 7.56. The molecule has 0 unspecified atom stereocenters. The summed E-state index contributed by atoms with van der Waals surface area (Å²) in [7, 11) is 1.55. The van der Waals surface area contributed by atoms with Crippen LogP contribution in [0.2, 0.25) is 0 Å². The van der Waals surface area contributed by atoms with Gasteiger partial charge < -0.3 is 15.5 Å². The number of benzene rings is 2. The molecule has 0 radical (unpaired) electrons. The van der Waals surface area contributed by atoms with E-state index in [-0.39, 0.29) is 5.56 Å².